The maximum atomic E-state index is 6.76. The average molecular weight is 797 g/mol. The molecular formula is C54H33BN2OSSi. The number of thiophene rings is 1. The van der Waals surface area contributed by atoms with Crippen LogP contribution in [0.15, 0.2) is 200 Å². The lowest BCUT2D eigenvalue weighted by atomic mass is 9.33. The van der Waals surface area contributed by atoms with Gasteiger partial charge in [0, 0.05) is 54.3 Å². The van der Waals surface area contributed by atoms with E-state index in [0.717, 1.165) is 22.9 Å². The Bertz CT molecular complexity index is 3410. The third-order valence-corrected chi connectivity index (χ3v) is 19.5. The predicted octanol–water partition coefficient (Wildman–Crippen LogP) is 9.60. The summed E-state index contributed by atoms with van der Waals surface area (Å²) in [6, 6.07) is 74.9. The lowest BCUT2D eigenvalue weighted by Gasteiger charge is -2.45. The molecule has 0 amide bonds. The van der Waals surface area contributed by atoms with E-state index in [0.29, 0.717) is 0 Å². The monoisotopic (exact) mass is 796 g/mol. The van der Waals surface area contributed by atoms with Gasteiger partial charge in [0.15, 0.2) is 8.07 Å². The summed E-state index contributed by atoms with van der Waals surface area (Å²) in [7, 11) is -2.85. The van der Waals surface area contributed by atoms with Crippen LogP contribution >= 0.6 is 11.3 Å². The van der Waals surface area contributed by atoms with E-state index in [-0.39, 0.29) is 6.71 Å². The van der Waals surface area contributed by atoms with Crippen molar-refractivity contribution in [3.8, 4) is 22.6 Å². The van der Waals surface area contributed by atoms with Crippen LogP contribution in [0.4, 0.5) is 34.1 Å². The van der Waals surface area contributed by atoms with Gasteiger partial charge in [0.25, 0.3) is 6.71 Å². The Balaban J connectivity index is 1.13. The maximum absolute atomic E-state index is 6.76. The summed E-state index contributed by atoms with van der Waals surface area (Å²) >= 11 is 1.90. The quantitative estimate of drug-likeness (QED) is 0.162. The van der Waals surface area contributed by atoms with Gasteiger partial charge in [0.1, 0.15) is 11.5 Å². The first kappa shape index (κ1) is 32.8. The number of hydrogen-bond acceptors (Lipinski definition) is 4. The fourth-order valence-corrected chi connectivity index (χ4v) is 17.7. The van der Waals surface area contributed by atoms with E-state index in [9.17, 15) is 0 Å². The molecule has 14 rings (SSSR count). The van der Waals surface area contributed by atoms with Crippen LogP contribution in [0, 0.1) is 0 Å². The Morgan fingerprint density at radius 3 is 1.67 bits per heavy atom. The summed E-state index contributed by atoms with van der Waals surface area (Å²) in [5.41, 5.74) is 13.9. The van der Waals surface area contributed by atoms with Crippen LogP contribution in [0.5, 0.6) is 11.5 Å². The minimum atomic E-state index is -2.85. The van der Waals surface area contributed by atoms with Crippen LogP contribution < -0.4 is 51.7 Å². The third kappa shape index (κ3) is 4.14. The molecule has 0 saturated carbocycles. The Morgan fingerprint density at radius 2 is 0.967 bits per heavy atom. The van der Waals surface area contributed by atoms with E-state index in [1.54, 1.807) is 0 Å². The molecule has 1 aromatic heterocycles. The second-order valence-electron chi connectivity index (χ2n) is 16.3. The average Bonchev–Trinajstić information content (AvgIpc) is 3.81. The van der Waals surface area contributed by atoms with E-state index >= 15 is 0 Å². The zero-order chi connectivity index (χ0) is 39.1. The van der Waals surface area contributed by atoms with Crippen molar-refractivity contribution in [3.63, 3.8) is 0 Å². The zero-order valence-corrected chi connectivity index (χ0v) is 34.2. The number of rotatable bonds is 2. The second kappa shape index (κ2) is 12.0. The van der Waals surface area contributed by atoms with E-state index < -0.39 is 8.07 Å². The number of benzene rings is 9. The lowest BCUT2D eigenvalue weighted by Crippen LogP contribution is -2.74. The van der Waals surface area contributed by atoms with Crippen molar-refractivity contribution in [3.05, 3.63) is 200 Å². The number of hydrogen-bond donors (Lipinski definition) is 0. The number of ether oxygens (including phenoxy) is 1. The SMILES string of the molecule is c1ccc(N2c3cc4c(cc3B3c5cc6sc7ccccc7c6cc5N(c5ccccc5)c5cccc2c53)-c2ccccc2[Si]42c3ccccc3Oc3ccccc32)cc1. The summed E-state index contributed by atoms with van der Waals surface area (Å²) in [6.07, 6.45) is 0. The molecule has 4 aliphatic rings. The molecular weight excluding hydrogens is 764 g/mol. The van der Waals surface area contributed by atoms with Gasteiger partial charge in [-0.3, -0.25) is 0 Å². The van der Waals surface area contributed by atoms with Gasteiger partial charge in [0.2, 0.25) is 0 Å². The van der Waals surface area contributed by atoms with Crippen molar-refractivity contribution in [2.75, 3.05) is 9.80 Å². The molecule has 60 heavy (non-hydrogen) atoms. The van der Waals surface area contributed by atoms with E-state index in [1.807, 2.05) is 11.3 Å². The van der Waals surface area contributed by atoms with Gasteiger partial charge in [-0.05, 0) is 121 Å². The molecule has 3 nitrogen and oxygen atoms in total. The van der Waals surface area contributed by atoms with Crippen LogP contribution in [0.1, 0.15) is 0 Å². The molecule has 10 aromatic rings. The summed E-state index contributed by atoms with van der Waals surface area (Å²) in [6.45, 7) is 0.000627. The normalized spacial score (nSPS) is 14.5. The molecule has 0 N–H and O–H groups in total. The van der Waals surface area contributed by atoms with Crippen LogP contribution in [0.2, 0.25) is 0 Å². The predicted molar refractivity (Wildman–Crippen MR) is 256 cm³/mol. The van der Waals surface area contributed by atoms with Crippen LogP contribution in [0.25, 0.3) is 31.3 Å². The van der Waals surface area contributed by atoms with Gasteiger partial charge >= 0.3 is 0 Å². The highest BCUT2D eigenvalue weighted by Gasteiger charge is 2.55. The molecule has 0 aliphatic carbocycles. The van der Waals surface area contributed by atoms with Crippen molar-refractivity contribution in [1.29, 1.82) is 0 Å². The van der Waals surface area contributed by atoms with Crippen LogP contribution in [-0.2, 0) is 0 Å². The molecule has 0 bridgehead atoms. The maximum Gasteiger partial charge on any atom is 0.252 e. The van der Waals surface area contributed by atoms with Gasteiger partial charge in [-0.1, -0.05) is 127 Å². The highest BCUT2D eigenvalue weighted by molar-refractivity contribution is 7.26. The second-order valence-corrected chi connectivity index (χ2v) is 21.1. The van der Waals surface area contributed by atoms with Gasteiger partial charge < -0.3 is 14.5 Å². The number of para-hydroxylation sites is 4. The minimum absolute atomic E-state index is 0.000627. The molecule has 0 radical (unpaired) electrons. The fourth-order valence-electron chi connectivity index (χ4n) is 11.2. The summed E-state index contributed by atoms with van der Waals surface area (Å²) in [4.78, 5) is 5.07. The molecule has 0 saturated heterocycles. The van der Waals surface area contributed by atoms with E-state index in [1.165, 1.54) is 91.2 Å². The van der Waals surface area contributed by atoms with Crippen molar-refractivity contribution in [1.82, 2.24) is 0 Å². The Kier molecular flexibility index (Phi) is 6.55. The highest BCUT2D eigenvalue weighted by atomic mass is 32.1. The Morgan fingerprint density at radius 1 is 0.400 bits per heavy atom. The van der Waals surface area contributed by atoms with E-state index in [2.05, 4.69) is 210 Å². The molecule has 6 heteroatoms. The van der Waals surface area contributed by atoms with E-state index in [4.69, 9.17) is 4.74 Å². The topological polar surface area (TPSA) is 15.7 Å². The minimum Gasteiger partial charge on any atom is -0.458 e. The van der Waals surface area contributed by atoms with Crippen molar-refractivity contribution in [2.45, 2.75) is 0 Å². The highest BCUT2D eigenvalue weighted by Crippen LogP contribution is 2.47. The Labute approximate surface area is 353 Å². The lowest BCUT2D eigenvalue weighted by molar-refractivity contribution is 0.487. The molecule has 0 atom stereocenters. The third-order valence-electron chi connectivity index (χ3n) is 13.5. The molecule has 0 unspecified atom stereocenters. The Hall–Kier alpha value is -7.12. The molecule has 9 aromatic carbocycles. The molecule has 0 fully saturated rings. The van der Waals surface area contributed by atoms with Crippen molar-refractivity contribution < 1.29 is 4.74 Å². The van der Waals surface area contributed by atoms with Gasteiger partial charge in [-0.2, -0.15) is 0 Å². The number of fused-ring (bicyclic) bond motifs is 16. The fraction of sp³-hybridized carbons (Fsp3) is 0. The molecule has 4 aliphatic heterocycles. The van der Waals surface area contributed by atoms with Crippen LogP contribution in [-0.4, -0.2) is 14.8 Å². The summed E-state index contributed by atoms with van der Waals surface area (Å²) in [5, 5.41) is 8.11. The number of anilines is 6. The first-order chi connectivity index (χ1) is 29.8. The zero-order valence-electron chi connectivity index (χ0n) is 32.3. The molecule has 278 valence electrons. The van der Waals surface area contributed by atoms with Gasteiger partial charge in [-0.25, -0.2) is 0 Å². The van der Waals surface area contributed by atoms with Crippen molar-refractivity contribution >= 4 is 118 Å². The smallest absolute Gasteiger partial charge is 0.252 e. The standard InChI is InChI=1S/C54H33BN2OSSi/c1-3-16-34(17-4-1)56-42-22-15-23-43-54(42)55(41-32-49-38(31-44(41)56)36-20-7-11-26-48(36)59-49)40-30-39-37-21-8-12-27-50(37)60(53(39)33-45(40)57(43)35-18-5-2-6-19-35)51-28-13-9-24-46(51)58-47-25-10-14-29-52(47)60/h1-33H. The first-order valence-corrected chi connectivity index (χ1v) is 23.5. The summed E-state index contributed by atoms with van der Waals surface area (Å²) in [5.74, 6) is 1.93. The number of nitrogens with zero attached hydrogens (tertiary/aromatic N) is 2. The van der Waals surface area contributed by atoms with Crippen LogP contribution in [0.3, 0.4) is 0 Å². The molecule has 1 spiro atoms. The largest absolute Gasteiger partial charge is 0.458 e. The van der Waals surface area contributed by atoms with Gasteiger partial charge in [0.05, 0.1) is 0 Å². The van der Waals surface area contributed by atoms with Gasteiger partial charge in [-0.15, -0.1) is 11.3 Å². The van der Waals surface area contributed by atoms with Crippen molar-refractivity contribution in [2.24, 2.45) is 0 Å². The summed E-state index contributed by atoms with van der Waals surface area (Å²) < 4.78 is 9.41. The first-order valence-electron chi connectivity index (χ1n) is 20.7. The molecule has 5 heterocycles.